The molecule has 10 nitrogen and oxygen atoms in total. The number of aromatic nitrogens is 2. The number of aryl methyl sites for hydroxylation is 1. The molecule has 2 aliphatic heterocycles. The van der Waals surface area contributed by atoms with Crippen molar-refractivity contribution in [3.8, 4) is 17.0 Å². The average Bonchev–Trinajstić information content (AvgIpc) is 3.30. The highest BCUT2D eigenvalue weighted by Crippen LogP contribution is 2.23. The minimum Gasteiger partial charge on any atom is -0.497 e. The van der Waals surface area contributed by atoms with Crippen LogP contribution >= 0.6 is 0 Å². The van der Waals surface area contributed by atoms with Gasteiger partial charge in [-0.25, -0.2) is 0 Å². The zero-order valence-electron chi connectivity index (χ0n) is 24.6. The van der Waals surface area contributed by atoms with Gasteiger partial charge in [-0.15, -0.1) is 10.2 Å². The molecule has 0 unspecified atom stereocenters. The van der Waals surface area contributed by atoms with E-state index in [1.807, 2.05) is 72.5 Å². The number of rotatable bonds is 9. The molecule has 0 N–H and O–H groups in total. The first-order valence-electron chi connectivity index (χ1n) is 14.7. The van der Waals surface area contributed by atoms with Crippen molar-refractivity contribution in [2.45, 2.75) is 13.3 Å². The third kappa shape index (κ3) is 7.43. The molecule has 10 heteroatoms. The first-order chi connectivity index (χ1) is 20.5. The first kappa shape index (κ1) is 29.5. The molecule has 0 aliphatic carbocycles. The van der Waals surface area contributed by atoms with Gasteiger partial charge in [-0.2, -0.15) is 0 Å². The number of ether oxygens (including phenoxy) is 2. The molecule has 3 heterocycles. The summed E-state index contributed by atoms with van der Waals surface area (Å²) >= 11 is 0. The molecule has 2 saturated heterocycles. The number of hydrogen-bond donors (Lipinski definition) is 0. The topological polar surface area (TPSA) is 91.3 Å². The van der Waals surface area contributed by atoms with Crippen molar-refractivity contribution in [1.82, 2.24) is 24.9 Å². The number of anilines is 1. The van der Waals surface area contributed by atoms with Crippen LogP contribution in [-0.2, 0) is 9.53 Å². The lowest BCUT2D eigenvalue weighted by Gasteiger charge is -2.31. The minimum atomic E-state index is -0.0995. The van der Waals surface area contributed by atoms with Crippen molar-refractivity contribution in [2.75, 3.05) is 84.1 Å². The van der Waals surface area contributed by atoms with E-state index in [2.05, 4.69) is 20.0 Å². The number of carbonyl (C=O) groups is 2. The van der Waals surface area contributed by atoms with Crippen LogP contribution in [0.4, 0.5) is 5.82 Å². The van der Waals surface area contributed by atoms with E-state index in [4.69, 9.17) is 9.47 Å². The molecule has 2 aliphatic rings. The van der Waals surface area contributed by atoms with Gasteiger partial charge in [0.1, 0.15) is 12.3 Å². The zero-order valence-corrected chi connectivity index (χ0v) is 24.6. The fourth-order valence-electron chi connectivity index (χ4n) is 5.41. The molecule has 2 aromatic carbocycles. The van der Waals surface area contributed by atoms with Crippen LogP contribution in [0, 0.1) is 6.92 Å². The molecule has 2 amide bonds. The van der Waals surface area contributed by atoms with Crippen molar-refractivity contribution in [1.29, 1.82) is 0 Å². The monoisotopic (exact) mass is 572 g/mol. The SMILES string of the molecule is COc1cccc(-c2ccc(N3CCCN(C(=O)CN(CCN4CCOCC4)C(=O)c4ccccc4C)CC3)nn2)c1. The third-order valence-corrected chi connectivity index (χ3v) is 7.97. The number of hydrogen-bond acceptors (Lipinski definition) is 8. The summed E-state index contributed by atoms with van der Waals surface area (Å²) in [4.78, 5) is 35.2. The molecule has 3 aromatic rings. The van der Waals surface area contributed by atoms with E-state index in [0.29, 0.717) is 51.5 Å². The van der Waals surface area contributed by atoms with Gasteiger partial charge in [0.25, 0.3) is 5.91 Å². The molecule has 0 radical (unpaired) electrons. The van der Waals surface area contributed by atoms with Gasteiger partial charge < -0.3 is 24.2 Å². The number of morpholine rings is 1. The number of nitrogens with zero attached hydrogens (tertiary/aromatic N) is 6. The number of methoxy groups -OCH3 is 1. The molecular weight excluding hydrogens is 532 g/mol. The Hall–Kier alpha value is -4.02. The lowest BCUT2D eigenvalue weighted by molar-refractivity contribution is -0.131. The van der Waals surface area contributed by atoms with E-state index in [1.165, 1.54) is 0 Å². The van der Waals surface area contributed by atoms with Crippen LogP contribution in [0.5, 0.6) is 5.75 Å². The van der Waals surface area contributed by atoms with Crippen molar-refractivity contribution in [3.63, 3.8) is 0 Å². The van der Waals surface area contributed by atoms with E-state index >= 15 is 0 Å². The maximum Gasteiger partial charge on any atom is 0.254 e. The highest BCUT2D eigenvalue weighted by Gasteiger charge is 2.26. The van der Waals surface area contributed by atoms with Crippen molar-refractivity contribution < 1.29 is 19.1 Å². The van der Waals surface area contributed by atoms with Crippen molar-refractivity contribution in [2.24, 2.45) is 0 Å². The second kappa shape index (κ2) is 14.2. The quantitative estimate of drug-likeness (QED) is 0.387. The molecule has 222 valence electrons. The molecule has 2 fully saturated rings. The molecular formula is C32H40N6O4. The Bertz CT molecular complexity index is 1340. The lowest BCUT2D eigenvalue weighted by atomic mass is 10.1. The van der Waals surface area contributed by atoms with Crippen LogP contribution in [0.25, 0.3) is 11.3 Å². The molecule has 1 aromatic heterocycles. The largest absolute Gasteiger partial charge is 0.497 e. The van der Waals surface area contributed by atoms with Gasteiger partial charge in [0.2, 0.25) is 5.91 Å². The zero-order chi connectivity index (χ0) is 29.3. The number of benzene rings is 2. The van der Waals surface area contributed by atoms with Crippen molar-refractivity contribution in [3.05, 3.63) is 71.8 Å². The van der Waals surface area contributed by atoms with Crippen LogP contribution in [0.3, 0.4) is 0 Å². The van der Waals surface area contributed by atoms with E-state index in [-0.39, 0.29) is 18.4 Å². The summed E-state index contributed by atoms with van der Waals surface area (Å²) in [5.41, 5.74) is 3.28. The fraction of sp³-hybridized carbons (Fsp3) is 0.438. The molecule has 0 spiro atoms. The summed E-state index contributed by atoms with van der Waals surface area (Å²) in [5, 5.41) is 8.95. The lowest BCUT2D eigenvalue weighted by Crippen LogP contribution is -2.48. The Kier molecular flexibility index (Phi) is 9.99. The van der Waals surface area contributed by atoms with E-state index in [1.54, 1.807) is 12.0 Å². The summed E-state index contributed by atoms with van der Waals surface area (Å²) < 4.78 is 10.8. The smallest absolute Gasteiger partial charge is 0.254 e. The van der Waals surface area contributed by atoms with Crippen LogP contribution in [0.15, 0.2) is 60.7 Å². The Labute approximate surface area is 247 Å². The van der Waals surface area contributed by atoms with Gasteiger partial charge in [0.15, 0.2) is 5.82 Å². The molecule has 0 atom stereocenters. The summed E-state index contributed by atoms with van der Waals surface area (Å²) in [7, 11) is 1.65. The Morgan fingerprint density at radius 3 is 2.52 bits per heavy atom. The standard InChI is InChI=1S/C32H40N6O4/c1-25-7-3-4-10-28(25)32(40)38(16-15-35-19-21-42-22-20-35)24-31(39)37-14-6-13-36(17-18-37)30-12-11-29(33-34-30)26-8-5-9-27(23-26)41-2/h3-5,7-12,23H,6,13-22,24H2,1-2H3. The highest BCUT2D eigenvalue weighted by atomic mass is 16.5. The predicted molar refractivity (Wildman–Crippen MR) is 162 cm³/mol. The van der Waals surface area contributed by atoms with Crippen LogP contribution in [-0.4, -0.2) is 116 Å². The Morgan fingerprint density at radius 1 is 0.929 bits per heavy atom. The highest BCUT2D eigenvalue weighted by molar-refractivity contribution is 5.97. The normalized spacial score (nSPS) is 16.1. The molecule has 0 saturated carbocycles. The third-order valence-electron chi connectivity index (χ3n) is 7.97. The summed E-state index contributed by atoms with van der Waals surface area (Å²) in [6, 6.07) is 19.3. The maximum atomic E-state index is 13.6. The van der Waals surface area contributed by atoms with Gasteiger partial charge in [-0.1, -0.05) is 30.3 Å². The second-order valence-electron chi connectivity index (χ2n) is 10.7. The molecule has 0 bridgehead atoms. The van der Waals surface area contributed by atoms with Gasteiger partial charge in [-0.05, 0) is 49.2 Å². The van der Waals surface area contributed by atoms with E-state index in [9.17, 15) is 9.59 Å². The maximum absolute atomic E-state index is 13.6. The van der Waals surface area contributed by atoms with E-state index < -0.39 is 0 Å². The van der Waals surface area contributed by atoms with Gasteiger partial charge >= 0.3 is 0 Å². The first-order valence-corrected chi connectivity index (χ1v) is 14.7. The summed E-state index contributed by atoms with van der Waals surface area (Å²) in [6.45, 7) is 8.91. The Balaban J connectivity index is 1.21. The minimum absolute atomic E-state index is 0.0276. The summed E-state index contributed by atoms with van der Waals surface area (Å²) in [6.07, 6.45) is 0.810. The van der Waals surface area contributed by atoms with E-state index in [0.717, 1.165) is 54.4 Å². The number of carbonyl (C=O) groups excluding carboxylic acids is 2. The average molecular weight is 573 g/mol. The molecule has 5 rings (SSSR count). The predicted octanol–water partition coefficient (Wildman–Crippen LogP) is 2.97. The van der Waals surface area contributed by atoms with Gasteiger partial charge in [-0.3, -0.25) is 14.5 Å². The van der Waals surface area contributed by atoms with Crippen LogP contribution in [0.2, 0.25) is 0 Å². The fourth-order valence-corrected chi connectivity index (χ4v) is 5.41. The van der Waals surface area contributed by atoms with Crippen LogP contribution in [0.1, 0.15) is 22.3 Å². The van der Waals surface area contributed by atoms with Gasteiger partial charge in [0.05, 0.1) is 26.0 Å². The number of amides is 2. The van der Waals surface area contributed by atoms with Gasteiger partial charge in [0, 0.05) is 63.5 Å². The van der Waals surface area contributed by atoms with Crippen molar-refractivity contribution >= 4 is 17.6 Å². The molecule has 42 heavy (non-hydrogen) atoms. The Morgan fingerprint density at radius 2 is 1.76 bits per heavy atom. The second-order valence-corrected chi connectivity index (χ2v) is 10.7. The summed E-state index contributed by atoms with van der Waals surface area (Å²) in [5.74, 6) is 1.44. The van der Waals surface area contributed by atoms with Crippen LogP contribution < -0.4 is 9.64 Å².